The molecule has 0 bridgehead atoms. The van der Waals surface area contributed by atoms with Gasteiger partial charge in [-0.25, -0.2) is 18.4 Å². The Hall–Kier alpha value is -2.20. The van der Waals surface area contributed by atoms with Gasteiger partial charge < -0.3 is 10.4 Å². The highest BCUT2D eigenvalue weighted by atomic mass is 32.2. The van der Waals surface area contributed by atoms with Crippen molar-refractivity contribution >= 4 is 27.4 Å². The number of nitro benzene ring substituents is 1. The van der Waals surface area contributed by atoms with Crippen molar-refractivity contribution in [1.82, 2.24) is 0 Å². The summed E-state index contributed by atoms with van der Waals surface area (Å²) in [5.41, 5.74) is -0.628. The van der Waals surface area contributed by atoms with E-state index in [-0.39, 0.29) is 12.1 Å². The van der Waals surface area contributed by atoms with E-state index in [0.29, 0.717) is 6.42 Å². The molecule has 4 N–H and O–H groups in total. The molecule has 1 aromatic carbocycles. The third-order valence-electron chi connectivity index (χ3n) is 2.70. The Kier molecular flexibility index (Phi) is 5.22. The van der Waals surface area contributed by atoms with Gasteiger partial charge in [0.2, 0.25) is 10.0 Å². The van der Waals surface area contributed by atoms with Gasteiger partial charge in [0.15, 0.2) is 0 Å². The van der Waals surface area contributed by atoms with Crippen molar-refractivity contribution in [2.45, 2.75) is 30.7 Å². The van der Waals surface area contributed by atoms with E-state index < -0.39 is 37.5 Å². The molecule has 9 nitrogen and oxygen atoms in total. The van der Waals surface area contributed by atoms with Crippen LogP contribution >= 0.6 is 0 Å². The summed E-state index contributed by atoms with van der Waals surface area (Å²) >= 11 is 0. The molecule has 116 valence electrons. The number of carbonyl (C=O) groups is 1. The van der Waals surface area contributed by atoms with Crippen LogP contribution in [0.5, 0.6) is 0 Å². The van der Waals surface area contributed by atoms with E-state index in [4.69, 9.17) is 10.2 Å². The van der Waals surface area contributed by atoms with Crippen LogP contribution in [0.25, 0.3) is 0 Å². The molecule has 0 aliphatic carbocycles. The number of nitro groups is 1. The Bertz CT molecular complexity index is 658. The first-order valence-electron chi connectivity index (χ1n) is 5.97. The van der Waals surface area contributed by atoms with Crippen LogP contribution in [0.2, 0.25) is 0 Å². The molecule has 0 heterocycles. The van der Waals surface area contributed by atoms with Crippen LogP contribution < -0.4 is 10.5 Å². The van der Waals surface area contributed by atoms with E-state index in [2.05, 4.69) is 5.32 Å². The second-order valence-electron chi connectivity index (χ2n) is 4.30. The van der Waals surface area contributed by atoms with Crippen molar-refractivity contribution in [2.75, 3.05) is 5.32 Å². The number of carboxylic acid groups (broad SMARTS) is 1. The van der Waals surface area contributed by atoms with Crippen LogP contribution in [-0.4, -0.2) is 30.5 Å². The maximum absolute atomic E-state index is 11.2. The van der Waals surface area contributed by atoms with Crippen LogP contribution in [0.4, 0.5) is 11.4 Å². The number of carboxylic acids is 1. The van der Waals surface area contributed by atoms with Gasteiger partial charge in [-0.15, -0.1) is 0 Å². The molecular formula is C11H15N3O6S. The second kappa shape index (κ2) is 6.50. The molecule has 0 aliphatic rings. The van der Waals surface area contributed by atoms with Gasteiger partial charge >= 0.3 is 5.97 Å². The van der Waals surface area contributed by atoms with E-state index in [1.807, 2.05) is 0 Å². The van der Waals surface area contributed by atoms with Crippen LogP contribution in [0.3, 0.4) is 0 Å². The summed E-state index contributed by atoms with van der Waals surface area (Å²) in [5.74, 6) is -1.15. The Morgan fingerprint density at radius 1 is 1.52 bits per heavy atom. The van der Waals surface area contributed by atoms with Crippen molar-refractivity contribution in [3.8, 4) is 0 Å². The molecule has 0 amide bonds. The Morgan fingerprint density at radius 3 is 2.57 bits per heavy atom. The Labute approximate surface area is 121 Å². The summed E-state index contributed by atoms with van der Waals surface area (Å²) in [7, 11) is -4.08. The molecule has 0 spiro atoms. The first kappa shape index (κ1) is 16.9. The van der Waals surface area contributed by atoms with Crippen LogP contribution in [0.15, 0.2) is 23.1 Å². The van der Waals surface area contributed by atoms with E-state index in [9.17, 15) is 23.3 Å². The lowest BCUT2D eigenvalue weighted by Crippen LogP contribution is -2.29. The van der Waals surface area contributed by atoms with Gasteiger partial charge in [0, 0.05) is 6.07 Å². The third-order valence-corrected chi connectivity index (χ3v) is 3.61. The van der Waals surface area contributed by atoms with E-state index in [1.165, 1.54) is 0 Å². The van der Waals surface area contributed by atoms with Gasteiger partial charge in [-0.2, -0.15) is 0 Å². The SMILES string of the molecule is CCCC(Nc1ccc(S(N)(=O)=O)cc1[N+](=O)[O-])C(=O)O. The maximum atomic E-state index is 11.2. The van der Waals surface area contributed by atoms with Crippen molar-refractivity contribution in [3.63, 3.8) is 0 Å². The Balaban J connectivity index is 3.24. The molecule has 0 saturated heterocycles. The highest BCUT2D eigenvalue weighted by molar-refractivity contribution is 7.89. The number of benzene rings is 1. The third kappa shape index (κ3) is 4.39. The van der Waals surface area contributed by atoms with E-state index >= 15 is 0 Å². The van der Waals surface area contributed by atoms with Crippen LogP contribution in [0.1, 0.15) is 19.8 Å². The minimum Gasteiger partial charge on any atom is -0.480 e. The number of hydrogen-bond acceptors (Lipinski definition) is 6. The molecule has 10 heteroatoms. The predicted molar refractivity (Wildman–Crippen MR) is 74.4 cm³/mol. The number of nitrogens with two attached hydrogens (primary N) is 1. The van der Waals surface area contributed by atoms with Gasteiger partial charge in [-0.1, -0.05) is 13.3 Å². The fourth-order valence-electron chi connectivity index (χ4n) is 1.70. The number of anilines is 1. The molecule has 0 fully saturated rings. The lowest BCUT2D eigenvalue weighted by molar-refractivity contribution is -0.384. The first-order chi connectivity index (χ1) is 9.66. The minimum absolute atomic E-state index is 0.0757. The van der Waals surface area contributed by atoms with Crippen molar-refractivity contribution < 1.29 is 23.2 Å². The monoisotopic (exact) mass is 317 g/mol. The highest BCUT2D eigenvalue weighted by Crippen LogP contribution is 2.28. The number of nitrogens with zero attached hydrogens (tertiary/aromatic N) is 1. The van der Waals surface area contributed by atoms with Crippen LogP contribution in [0, 0.1) is 10.1 Å². The van der Waals surface area contributed by atoms with Crippen molar-refractivity contribution in [2.24, 2.45) is 5.14 Å². The van der Waals surface area contributed by atoms with Gasteiger partial charge in [0.1, 0.15) is 11.7 Å². The lowest BCUT2D eigenvalue weighted by Gasteiger charge is -2.15. The van der Waals surface area contributed by atoms with E-state index in [1.54, 1.807) is 6.92 Å². The summed E-state index contributed by atoms with van der Waals surface area (Å²) < 4.78 is 22.4. The van der Waals surface area contributed by atoms with Gasteiger partial charge in [-0.3, -0.25) is 10.1 Å². The fourth-order valence-corrected chi connectivity index (χ4v) is 2.23. The summed E-state index contributed by atoms with van der Waals surface area (Å²) in [6.45, 7) is 1.77. The number of nitrogens with one attached hydrogen (secondary N) is 1. The number of primary sulfonamides is 1. The Morgan fingerprint density at radius 2 is 2.14 bits per heavy atom. The van der Waals surface area contributed by atoms with E-state index in [0.717, 1.165) is 18.2 Å². The minimum atomic E-state index is -4.08. The normalized spacial score (nSPS) is 12.7. The zero-order valence-corrected chi connectivity index (χ0v) is 12.0. The van der Waals surface area contributed by atoms with Crippen LogP contribution in [-0.2, 0) is 14.8 Å². The maximum Gasteiger partial charge on any atom is 0.326 e. The second-order valence-corrected chi connectivity index (χ2v) is 5.87. The molecule has 21 heavy (non-hydrogen) atoms. The standard InChI is InChI=1S/C11H15N3O6S/c1-2-3-9(11(15)16)13-8-5-4-7(21(12,19)20)6-10(8)14(17)18/h4-6,9,13H,2-3H2,1H3,(H,15,16)(H2,12,19,20). The molecule has 0 saturated carbocycles. The number of aliphatic carboxylic acids is 1. The molecule has 1 aromatic rings. The molecule has 1 rings (SSSR count). The van der Waals surface area contributed by atoms with Crippen molar-refractivity contribution in [1.29, 1.82) is 0 Å². The zero-order valence-electron chi connectivity index (χ0n) is 11.1. The highest BCUT2D eigenvalue weighted by Gasteiger charge is 2.23. The molecular weight excluding hydrogens is 302 g/mol. The summed E-state index contributed by atoms with van der Waals surface area (Å²) in [5, 5.41) is 27.5. The number of rotatable bonds is 7. The average molecular weight is 317 g/mol. The summed E-state index contributed by atoms with van der Waals surface area (Å²) in [6.07, 6.45) is 0.830. The van der Waals surface area contributed by atoms with Gasteiger partial charge in [-0.05, 0) is 18.6 Å². The van der Waals surface area contributed by atoms with Gasteiger partial charge in [0.05, 0.1) is 9.82 Å². The lowest BCUT2D eigenvalue weighted by atomic mass is 10.1. The number of sulfonamides is 1. The fraction of sp³-hybridized carbons (Fsp3) is 0.364. The number of hydrogen-bond donors (Lipinski definition) is 3. The van der Waals surface area contributed by atoms with Gasteiger partial charge in [0.25, 0.3) is 5.69 Å². The quantitative estimate of drug-likeness (QED) is 0.499. The summed E-state index contributed by atoms with van der Waals surface area (Å²) in [4.78, 5) is 20.8. The zero-order chi connectivity index (χ0) is 16.2. The molecule has 0 aliphatic heterocycles. The topological polar surface area (TPSA) is 153 Å². The smallest absolute Gasteiger partial charge is 0.326 e. The average Bonchev–Trinajstić information content (AvgIpc) is 2.36. The van der Waals surface area contributed by atoms with Crippen molar-refractivity contribution in [3.05, 3.63) is 28.3 Å². The predicted octanol–water partition coefficient (Wildman–Crippen LogP) is 0.907. The first-order valence-corrected chi connectivity index (χ1v) is 7.52. The summed E-state index contributed by atoms with van der Waals surface area (Å²) in [6, 6.07) is 2.00. The largest absolute Gasteiger partial charge is 0.480 e. The molecule has 0 radical (unpaired) electrons. The molecule has 0 aromatic heterocycles. The molecule has 1 unspecified atom stereocenters. The molecule has 1 atom stereocenters.